The van der Waals surface area contributed by atoms with Crippen LogP contribution in [0.2, 0.25) is 0 Å². The molecule has 2 aliphatic rings. The third kappa shape index (κ3) is 3.71. The minimum Gasteiger partial charge on any atom is -0.396 e. The molecule has 0 aromatic carbocycles. The molecular formula is C16H31NO. The molecule has 2 nitrogen and oxygen atoms in total. The third-order valence-electron chi connectivity index (χ3n) is 5.40. The zero-order chi connectivity index (χ0) is 13.0. The first-order valence-corrected chi connectivity index (χ1v) is 8.05. The van der Waals surface area contributed by atoms with E-state index in [2.05, 4.69) is 19.2 Å². The quantitative estimate of drug-likeness (QED) is 0.806. The van der Waals surface area contributed by atoms with Gasteiger partial charge in [-0.1, -0.05) is 33.1 Å². The Morgan fingerprint density at radius 3 is 2.44 bits per heavy atom. The predicted molar refractivity (Wildman–Crippen MR) is 76.5 cm³/mol. The predicted octanol–water partition coefficient (Wildman–Crippen LogP) is 3.20. The Kier molecular flexibility index (Phi) is 5.50. The van der Waals surface area contributed by atoms with Crippen LogP contribution in [0.1, 0.15) is 58.8 Å². The van der Waals surface area contributed by atoms with Gasteiger partial charge in [-0.15, -0.1) is 0 Å². The van der Waals surface area contributed by atoms with E-state index in [4.69, 9.17) is 0 Å². The van der Waals surface area contributed by atoms with E-state index < -0.39 is 0 Å². The Morgan fingerprint density at radius 1 is 1.00 bits per heavy atom. The standard InChI is InChI=1S/C16H31NO/c1-12-7-8-13(2)16(9-12)17-10-14-5-3-4-6-15(14)11-18/h12-18H,3-11H2,1-2H3. The van der Waals surface area contributed by atoms with Gasteiger partial charge in [0.25, 0.3) is 0 Å². The van der Waals surface area contributed by atoms with Crippen LogP contribution in [0.15, 0.2) is 0 Å². The molecule has 0 aromatic rings. The normalized spacial score (nSPS) is 41.8. The molecule has 2 heteroatoms. The number of aliphatic hydroxyl groups is 1. The fourth-order valence-corrected chi connectivity index (χ4v) is 3.91. The van der Waals surface area contributed by atoms with E-state index in [1.54, 1.807) is 0 Å². The van der Waals surface area contributed by atoms with E-state index in [-0.39, 0.29) is 0 Å². The summed E-state index contributed by atoms with van der Waals surface area (Å²) in [5.74, 6) is 2.99. The second-order valence-electron chi connectivity index (χ2n) is 6.90. The summed E-state index contributed by atoms with van der Waals surface area (Å²) < 4.78 is 0. The molecule has 2 fully saturated rings. The molecule has 5 unspecified atom stereocenters. The maximum absolute atomic E-state index is 9.46. The minimum atomic E-state index is 0.392. The highest BCUT2D eigenvalue weighted by molar-refractivity contribution is 4.84. The zero-order valence-corrected chi connectivity index (χ0v) is 12.2. The molecule has 0 radical (unpaired) electrons. The Labute approximate surface area is 113 Å². The maximum Gasteiger partial charge on any atom is 0.0462 e. The number of hydrogen-bond donors (Lipinski definition) is 2. The molecule has 0 spiro atoms. The highest BCUT2D eigenvalue weighted by atomic mass is 16.3. The summed E-state index contributed by atoms with van der Waals surface area (Å²) in [6.07, 6.45) is 9.36. The van der Waals surface area contributed by atoms with Crippen LogP contribution in [-0.2, 0) is 0 Å². The van der Waals surface area contributed by atoms with Crippen LogP contribution in [0.5, 0.6) is 0 Å². The highest BCUT2D eigenvalue weighted by Crippen LogP contribution is 2.31. The molecule has 2 aliphatic carbocycles. The van der Waals surface area contributed by atoms with E-state index in [0.717, 1.165) is 24.4 Å². The number of hydrogen-bond acceptors (Lipinski definition) is 2. The van der Waals surface area contributed by atoms with Gasteiger partial charge in [-0.2, -0.15) is 0 Å². The molecule has 18 heavy (non-hydrogen) atoms. The molecule has 2 N–H and O–H groups in total. The summed E-state index contributed by atoms with van der Waals surface area (Å²) in [6, 6.07) is 0.718. The van der Waals surface area contributed by atoms with Gasteiger partial charge in [0.2, 0.25) is 0 Å². The van der Waals surface area contributed by atoms with Crippen LogP contribution >= 0.6 is 0 Å². The van der Waals surface area contributed by atoms with Crippen molar-refractivity contribution >= 4 is 0 Å². The van der Waals surface area contributed by atoms with Crippen molar-refractivity contribution in [3.05, 3.63) is 0 Å². The van der Waals surface area contributed by atoms with Gasteiger partial charge in [-0.05, 0) is 55.9 Å². The summed E-state index contributed by atoms with van der Waals surface area (Å²) >= 11 is 0. The lowest BCUT2D eigenvalue weighted by Crippen LogP contribution is -2.43. The van der Waals surface area contributed by atoms with Gasteiger partial charge in [0.05, 0.1) is 0 Å². The van der Waals surface area contributed by atoms with Crippen molar-refractivity contribution in [2.75, 3.05) is 13.2 Å². The van der Waals surface area contributed by atoms with Gasteiger partial charge < -0.3 is 10.4 Å². The first-order valence-electron chi connectivity index (χ1n) is 8.05. The molecule has 0 amide bonds. The van der Waals surface area contributed by atoms with Crippen molar-refractivity contribution in [1.29, 1.82) is 0 Å². The molecule has 0 saturated heterocycles. The van der Waals surface area contributed by atoms with Crippen LogP contribution in [0.3, 0.4) is 0 Å². The number of aliphatic hydroxyl groups excluding tert-OH is 1. The second kappa shape index (κ2) is 6.91. The molecular weight excluding hydrogens is 222 g/mol. The summed E-state index contributed by atoms with van der Waals surface area (Å²) in [7, 11) is 0. The summed E-state index contributed by atoms with van der Waals surface area (Å²) in [5, 5.41) is 13.3. The molecule has 106 valence electrons. The SMILES string of the molecule is CC1CCC(C)C(NCC2CCCCC2CO)C1. The van der Waals surface area contributed by atoms with Crippen molar-refractivity contribution in [3.63, 3.8) is 0 Å². The van der Waals surface area contributed by atoms with Gasteiger partial charge in [0.1, 0.15) is 0 Å². The zero-order valence-electron chi connectivity index (χ0n) is 12.2. The summed E-state index contributed by atoms with van der Waals surface area (Å²) in [6.45, 7) is 6.31. The highest BCUT2D eigenvalue weighted by Gasteiger charge is 2.28. The number of nitrogens with one attached hydrogen (secondary N) is 1. The van der Waals surface area contributed by atoms with E-state index in [0.29, 0.717) is 18.4 Å². The van der Waals surface area contributed by atoms with Crippen LogP contribution in [0, 0.1) is 23.7 Å². The molecule has 0 aromatic heterocycles. The Morgan fingerprint density at radius 2 is 1.72 bits per heavy atom. The van der Waals surface area contributed by atoms with E-state index in [1.807, 2.05) is 0 Å². The lowest BCUT2D eigenvalue weighted by Gasteiger charge is -2.36. The van der Waals surface area contributed by atoms with E-state index in [9.17, 15) is 5.11 Å². The third-order valence-corrected chi connectivity index (χ3v) is 5.40. The van der Waals surface area contributed by atoms with Crippen LogP contribution in [0.25, 0.3) is 0 Å². The fourth-order valence-electron chi connectivity index (χ4n) is 3.91. The van der Waals surface area contributed by atoms with Crippen LogP contribution < -0.4 is 5.32 Å². The Balaban J connectivity index is 1.78. The fraction of sp³-hybridized carbons (Fsp3) is 1.00. The van der Waals surface area contributed by atoms with Crippen molar-refractivity contribution in [1.82, 2.24) is 5.32 Å². The van der Waals surface area contributed by atoms with Crippen LogP contribution in [0.4, 0.5) is 0 Å². The van der Waals surface area contributed by atoms with Gasteiger partial charge in [-0.3, -0.25) is 0 Å². The van der Waals surface area contributed by atoms with Gasteiger partial charge in [-0.25, -0.2) is 0 Å². The minimum absolute atomic E-state index is 0.392. The van der Waals surface area contributed by atoms with E-state index in [1.165, 1.54) is 44.9 Å². The molecule has 0 heterocycles. The summed E-state index contributed by atoms with van der Waals surface area (Å²) in [4.78, 5) is 0. The topological polar surface area (TPSA) is 32.3 Å². The van der Waals surface area contributed by atoms with Gasteiger partial charge in [0, 0.05) is 12.6 Å². The monoisotopic (exact) mass is 253 g/mol. The molecule has 0 bridgehead atoms. The average molecular weight is 253 g/mol. The second-order valence-corrected chi connectivity index (χ2v) is 6.90. The maximum atomic E-state index is 9.46. The van der Waals surface area contributed by atoms with Gasteiger partial charge >= 0.3 is 0 Å². The van der Waals surface area contributed by atoms with Crippen LogP contribution in [-0.4, -0.2) is 24.3 Å². The van der Waals surface area contributed by atoms with Crippen molar-refractivity contribution in [2.45, 2.75) is 64.8 Å². The molecule has 0 aliphatic heterocycles. The first-order chi connectivity index (χ1) is 8.70. The Bertz CT molecular complexity index is 241. The molecule has 2 saturated carbocycles. The Hall–Kier alpha value is -0.0800. The summed E-state index contributed by atoms with van der Waals surface area (Å²) in [5.41, 5.74) is 0. The molecule has 5 atom stereocenters. The average Bonchev–Trinajstić information content (AvgIpc) is 2.40. The van der Waals surface area contributed by atoms with Crippen molar-refractivity contribution in [2.24, 2.45) is 23.7 Å². The van der Waals surface area contributed by atoms with Crippen molar-refractivity contribution in [3.8, 4) is 0 Å². The van der Waals surface area contributed by atoms with E-state index >= 15 is 0 Å². The van der Waals surface area contributed by atoms with Gasteiger partial charge in [0.15, 0.2) is 0 Å². The number of rotatable bonds is 4. The lowest BCUT2D eigenvalue weighted by atomic mass is 9.77. The lowest BCUT2D eigenvalue weighted by molar-refractivity contribution is 0.123. The molecule has 2 rings (SSSR count). The first kappa shape index (κ1) is 14.3. The largest absolute Gasteiger partial charge is 0.396 e. The van der Waals surface area contributed by atoms with Crippen molar-refractivity contribution < 1.29 is 5.11 Å². The smallest absolute Gasteiger partial charge is 0.0462 e.